The Labute approximate surface area is 136 Å². The van der Waals surface area contributed by atoms with E-state index in [1.807, 2.05) is 26.0 Å². The van der Waals surface area contributed by atoms with Crippen LogP contribution in [0, 0.1) is 13.8 Å². The third-order valence-corrected chi connectivity index (χ3v) is 3.77. The Kier molecular flexibility index (Phi) is 5.16. The van der Waals surface area contributed by atoms with Crippen LogP contribution in [0.15, 0.2) is 42.5 Å². The molecule has 0 bridgehead atoms. The Morgan fingerprint density at radius 1 is 0.913 bits per heavy atom. The zero-order chi connectivity index (χ0) is 17.0. The van der Waals surface area contributed by atoms with Crippen molar-refractivity contribution in [3.63, 3.8) is 0 Å². The van der Waals surface area contributed by atoms with Crippen molar-refractivity contribution >= 4 is 11.8 Å². The normalized spacial score (nSPS) is 11.7. The molecule has 0 heterocycles. The van der Waals surface area contributed by atoms with Crippen molar-refractivity contribution in [3.05, 3.63) is 64.7 Å². The Bertz CT molecular complexity index is 717. The molecule has 0 aliphatic rings. The van der Waals surface area contributed by atoms with E-state index in [9.17, 15) is 9.59 Å². The van der Waals surface area contributed by atoms with Crippen molar-refractivity contribution in [3.8, 4) is 5.75 Å². The molecule has 2 aromatic rings. The van der Waals surface area contributed by atoms with Gasteiger partial charge in [-0.05, 0) is 62.2 Å². The smallest absolute Gasteiger partial charge is 0.338 e. The molecule has 23 heavy (non-hydrogen) atoms. The van der Waals surface area contributed by atoms with Crippen LogP contribution in [0.25, 0.3) is 0 Å². The number of hydrogen-bond acceptors (Lipinski definition) is 4. The first-order valence-corrected chi connectivity index (χ1v) is 7.39. The van der Waals surface area contributed by atoms with Gasteiger partial charge >= 0.3 is 5.97 Å². The van der Waals surface area contributed by atoms with Gasteiger partial charge in [-0.3, -0.25) is 4.79 Å². The maximum Gasteiger partial charge on any atom is 0.338 e. The van der Waals surface area contributed by atoms with Gasteiger partial charge in [-0.2, -0.15) is 0 Å². The van der Waals surface area contributed by atoms with Crippen molar-refractivity contribution in [1.82, 2.24) is 0 Å². The third-order valence-electron chi connectivity index (χ3n) is 3.77. The lowest BCUT2D eigenvalue weighted by molar-refractivity contribution is 0.0319. The summed E-state index contributed by atoms with van der Waals surface area (Å²) in [6.07, 6.45) is -0.841. The van der Waals surface area contributed by atoms with E-state index in [-0.39, 0.29) is 5.78 Å². The van der Waals surface area contributed by atoms with E-state index in [4.69, 9.17) is 9.47 Å². The summed E-state index contributed by atoms with van der Waals surface area (Å²) in [7, 11) is 1.55. The molecule has 0 saturated heterocycles. The second-order valence-corrected chi connectivity index (χ2v) is 5.44. The van der Waals surface area contributed by atoms with Crippen LogP contribution < -0.4 is 4.74 Å². The zero-order valence-corrected chi connectivity index (χ0v) is 13.8. The average Bonchev–Trinajstić information content (AvgIpc) is 2.56. The molecule has 0 unspecified atom stereocenters. The van der Waals surface area contributed by atoms with Crippen LogP contribution in [-0.2, 0) is 4.74 Å². The summed E-state index contributed by atoms with van der Waals surface area (Å²) >= 11 is 0. The number of Topliss-reactive ketones (excluding diaryl/α,β-unsaturated/α-hetero) is 1. The zero-order valence-electron chi connectivity index (χ0n) is 13.8. The molecule has 1 atom stereocenters. The van der Waals surface area contributed by atoms with Gasteiger partial charge in [0.15, 0.2) is 6.10 Å². The fraction of sp³-hybridized carbons (Fsp3) is 0.263. The van der Waals surface area contributed by atoms with Crippen molar-refractivity contribution in [2.45, 2.75) is 26.9 Å². The van der Waals surface area contributed by atoms with Crippen molar-refractivity contribution in [2.75, 3.05) is 7.11 Å². The molecule has 0 aliphatic heterocycles. The minimum atomic E-state index is -0.841. The largest absolute Gasteiger partial charge is 0.497 e. The van der Waals surface area contributed by atoms with Crippen molar-refractivity contribution in [2.24, 2.45) is 0 Å². The standard InChI is InChI=1S/C19H20O4/c1-12-5-6-16(11-13(12)2)18(20)14(3)23-19(21)15-7-9-17(22-4)10-8-15/h5-11,14H,1-4H3/t14-/m1/s1. The van der Waals surface area contributed by atoms with Gasteiger partial charge < -0.3 is 9.47 Å². The second kappa shape index (κ2) is 7.09. The summed E-state index contributed by atoms with van der Waals surface area (Å²) in [6.45, 7) is 5.51. The molecule has 0 radical (unpaired) electrons. The summed E-state index contributed by atoms with van der Waals surface area (Å²) in [5, 5.41) is 0. The summed E-state index contributed by atoms with van der Waals surface area (Å²) in [6, 6.07) is 12.0. The van der Waals surface area contributed by atoms with E-state index in [2.05, 4.69) is 0 Å². The molecule has 4 heteroatoms. The van der Waals surface area contributed by atoms with Gasteiger partial charge in [-0.25, -0.2) is 4.79 Å². The molecule has 4 nitrogen and oxygen atoms in total. The van der Waals surface area contributed by atoms with Crippen molar-refractivity contribution in [1.29, 1.82) is 0 Å². The molecular formula is C19H20O4. The van der Waals surface area contributed by atoms with Gasteiger partial charge in [0, 0.05) is 5.56 Å². The molecule has 0 saturated carbocycles. The first-order valence-electron chi connectivity index (χ1n) is 7.39. The van der Waals surface area contributed by atoms with Gasteiger partial charge in [0.25, 0.3) is 0 Å². The fourth-order valence-corrected chi connectivity index (χ4v) is 2.14. The SMILES string of the molecule is COc1ccc(C(=O)O[C@H](C)C(=O)c2ccc(C)c(C)c2)cc1. The van der Waals surface area contributed by atoms with E-state index in [0.717, 1.165) is 11.1 Å². The van der Waals surface area contributed by atoms with E-state index < -0.39 is 12.1 Å². The summed E-state index contributed by atoms with van der Waals surface area (Å²) < 4.78 is 10.3. The topological polar surface area (TPSA) is 52.6 Å². The van der Waals surface area contributed by atoms with E-state index >= 15 is 0 Å². The summed E-state index contributed by atoms with van der Waals surface area (Å²) in [4.78, 5) is 24.5. The molecule has 0 amide bonds. The predicted octanol–water partition coefficient (Wildman–Crippen LogP) is 3.74. The van der Waals surface area contributed by atoms with Gasteiger partial charge in [0.2, 0.25) is 5.78 Å². The number of esters is 1. The number of carbonyl (C=O) groups is 2. The van der Waals surface area contributed by atoms with E-state index in [1.54, 1.807) is 44.4 Å². The van der Waals surface area contributed by atoms with Crippen LogP contribution >= 0.6 is 0 Å². The molecular weight excluding hydrogens is 292 g/mol. The second-order valence-electron chi connectivity index (χ2n) is 5.44. The molecule has 0 N–H and O–H groups in total. The lowest BCUT2D eigenvalue weighted by atomic mass is 10.0. The molecule has 0 aliphatic carbocycles. The highest BCUT2D eigenvalue weighted by Gasteiger charge is 2.20. The molecule has 0 fully saturated rings. The Morgan fingerprint density at radius 2 is 1.52 bits per heavy atom. The average molecular weight is 312 g/mol. The quantitative estimate of drug-likeness (QED) is 0.623. The predicted molar refractivity (Wildman–Crippen MR) is 88.1 cm³/mol. The number of benzene rings is 2. The molecule has 120 valence electrons. The van der Waals surface area contributed by atoms with Crippen LogP contribution in [0.4, 0.5) is 0 Å². The van der Waals surface area contributed by atoms with Gasteiger partial charge in [-0.15, -0.1) is 0 Å². The lowest BCUT2D eigenvalue weighted by Gasteiger charge is -2.13. The summed E-state index contributed by atoms with van der Waals surface area (Å²) in [5.41, 5.74) is 3.07. The van der Waals surface area contributed by atoms with Gasteiger partial charge in [-0.1, -0.05) is 12.1 Å². The van der Waals surface area contributed by atoms with Gasteiger partial charge in [0.1, 0.15) is 5.75 Å². The Morgan fingerprint density at radius 3 is 2.09 bits per heavy atom. The number of ketones is 1. The Hall–Kier alpha value is -2.62. The number of hydrogen-bond donors (Lipinski definition) is 0. The number of carbonyl (C=O) groups excluding carboxylic acids is 2. The summed E-state index contributed by atoms with van der Waals surface area (Å²) in [5.74, 6) is -0.0897. The maximum absolute atomic E-state index is 12.4. The molecule has 0 aromatic heterocycles. The van der Waals surface area contributed by atoms with Crippen LogP contribution in [0.2, 0.25) is 0 Å². The monoisotopic (exact) mass is 312 g/mol. The highest BCUT2D eigenvalue weighted by molar-refractivity contribution is 6.01. The van der Waals surface area contributed by atoms with Gasteiger partial charge in [0.05, 0.1) is 12.7 Å². The minimum absolute atomic E-state index is 0.213. The molecule has 2 aromatic carbocycles. The first-order chi connectivity index (χ1) is 10.9. The molecule has 2 rings (SSSR count). The van der Waals surface area contributed by atoms with Crippen LogP contribution in [0.1, 0.15) is 38.8 Å². The number of aryl methyl sites for hydroxylation is 2. The first kappa shape index (κ1) is 16.7. The number of rotatable bonds is 5. The van der Waals surface area contributed by atoms with Crippen LogP contribution in [0.3, 0.4) is 0 Å². The lowest BCUT2D eigenvalue weighted by Crippen LogP contribution is -2.24. The minimum Gasteiger partial charge on any atom is -0.497 e. The fourth-order valence-electron chi connectivity index (χ4n) is 2.14. The highest BCUT2D eigenvalue weighted by atomic mass is 16.5. The van der Waals surface area contributed by atoms with Crippen LogP contribution in [-0.4, -0.2) is 25.0 Å². The highest BCUT2D eigenvalue weighted by Crippen LogP contribution is 2.15. The third kappa shape index (κ3) is 3.97. The number of methoxy groups -OCH3 is 1. The van der Waals surface area contributed by atoms with Crippen molar-refractivity contribution < 1.29 is 19.1 Å². The van der Waals surface area contributed by atoms with Crippen LogP contribution in [0.5, 0.6) is 5.75 Å². The molecule has 0 spiro atoms. The van der Waals surface area contributed by atoms with E-state index in [0.29, 0.717) is 16.9 Å². The maximum atomic E-state index is 12.4. The van der Waals surface area contributed by atoms with E-state index in [1.165, 1.54) is 0 Å². The number of ether oxygens (including phenoxy) is 2. The Balaban J connectivity index is 2.07.